The van der Waals surface area contributed by atoms with Crippen LogP contribution < -0.4 is 10.6 Å². The number of benzene rings is 2. The van der Waals surface area contributed by atoms with Crippen LogP contribution in [-0.4, -0.2) is 40.9 Å². The van der Waals surface area contributed by atoms with Crippen molar-refractivity contribution in [3.8, 4) is 0 Å². The zero-order chi connectivity index (χ0) is 19.6. The fourth-order valence-electron chi connectivity index (χ4n) is 2.55. The summed E-state index contributed by atoms with van der Waals surface area (Å²) in [5.74, 6) is -1.54. The van der Waals surface area contributed by atoms with Crippen LogP contribution in [0.1, 0.15) is 28.4 Å². The highest BCUT2D eigenvalue weighted by Gasteiger charge is 2.23. The number of rotatable bonds is 9. The highest BCUT2D eigenvalue weighted by molar-refractivity contribution is 7.98. The second-order valence-corrected chi connectivity index (χ2v) is 6.83. The Kier molecular flexibility index (Phi) is 7.88. The summed E-state index contributed by atoms with van der Waals surface area (Å²) in [6.07, 6.45) is 1.72. The van der Waals surface area contributed by atoms with Crippen molar-refractivity contribution >= 4 is 29.5 Å². The second kappa shape index (κ2) is 10.4. The number of carboxylic acid groups (broad SMARTS) is 1. The zero-order valence-electron chi connectivity index (χ0n) is 14.9. The summed E-state index contributed by atoms with van der Waals surface area (Å²) in [4.78, 5) is 36.1. The van der Waals surface area contributed by atoms with Crippen LogP contribution in [0, 0.1) is 0 Å². The van der Waals surface area contributed by atoms with Crippen LogP contribution in [0.5, 0.6) is 0 Å². The maximum atomic E-state index is 12.5. The van der Waals surface area contributed by atoms with Gasteiger partial charge in [-0.3, -0.25) is 9.59 Å². The first kappa shape index (κ1) is 20.5. The van der Waals surface area contributed by atoms with Crippen molar-refractivity contribution in [1.29, 1.82) is 0 Å². The van der Waals surface area contributed by atoms with Gasteiger partial charge in [0.25, 0.3) is 5.91 Å². The smallest absolute Gasteiger partial charge is 0.327 e. The molecule has 2 aromatic carbocycles. The largest absolute Gasteiger partial charge is 0.480 e. The normalized spacial score (nSPS) is 12.6. The number of hydrogen-bond acceptors (Lipinski definition) is 4. The first-order chi connectivity index (χ1) is 13.0. The molecule has 0 spiro atoms. The summed E-state index contributed by atoms with van der Waals surface area (Å²) in [6, 6.07) is 16.3. The van der Waals surface area contributed by atoms with E-state index in [1.165, 1.54) is 11.8 Å². The summed E-state index contributed by atoms with van der Waals surface area (Å²) in [6.45, 7) is 0. The maximum Gasteiger partial charge on any atom is 0.327 e. The molecule has 0 aromatic heterocycles. The molecule has 6 nitrogen and oxygen atoms in total. The number of amides is 2. The third-order valence-electron chi connectivity index (χ3n) is 3.90. The third-order valence-corrected chi connectivity index (χ3v) is 4.57. The van der Waals surface area contributed by atoms with E-state index in [4.69, 9.17) is 0 Å². The topological polar surface area (TPSA) is 95.5 Å². The zero-order valence-corrected chi connectivity index (χ0v) is 15.7. The fourth-order valence-corrected chi connectivity index (χ4v) is 3.11. The highest BCUT2D eigenvalue weighted by Crippen LogP contribution is 2.18. The van der Waals surface area contributed by atoms with Crippen LogP contribution >= 0.6 is 11.8 Å². The summed E-state index contributed by atoms with van der Waals surface area (Å²) in [5, 5.41) is 14.6. The lowest BCUT2D eigenvalue weighted by atomic mass is 10.0. The molecule has 27 heavy (non-hydrogen) atoms. The summed E-state index contributed by atoms with van der Waals surface area (Å²) in [5.41, 5.74) is 1.26. The lowest BCUT2D eigenvalue weighted by Gasteiger charge is -2.20. The van der Waals surface area contributed by atoms with Crippen LogP contribution in [0.4, 0.5) is 0 Å². The number of carboxylic acids is 1. The monoisotopic (exact) mass is 386 g/mol. The Morgan fingerprint density at radius 2 is 1.56 bits per heavy atom. The molecule has 7 heteroatoms. The van der Waals surface area contributed by atoms with Gasteiger partial charge in [-0.05, 0) is 24.0 Å². The highest BCUT2D eigenvalue weighted by atomic mass is 32.2. The van der Waals surface area contributed by atoms with E-state index in [-0.39, 0.29) is 18.1 Å². The first-order valence-corrected chi connectivity index (χ1v) is 9.82. The van der Waals surface area contributed by atoms with Crippen LogP contribution in [0.3, 0.4) is 0 Å². The Labute approximate surface area is 162 Å². The molecule has 3 N–H and O–H groups in total. The lowest BCUT2D eigenvalue weighted by molar-refractivity contribution is -0.141. The molecular formula is C20H22N2O4S. The van der Waals surface area contributed by atoms with Crippen molar-refractivity contribution in [2.75, 3.05) is 12.0 Å². The van der Waals surface area contributed by atoms with E-state index < -0.39 is 24.0 Å². The van der Waals surface area contributed by atoms with Gasteiger partial charge >= 0.3 is 5.97 Å². The van der Waals surface area contributed by atoms with Gasteiger partial charge in [-0.25, -0.2) is 4.79 Å². The van der Waals surface area contributed by atoms with Crippen molar-refractivity contribution in [1.82, 2.24) is 10.6 Å². The Hall–Kier alpha value is -2.80. The van der Waals surface area contributed by atoms with Crippen molar-refractivity contribution in [3.63, 3.8) is 0 Å². The van der Waals surface area contributed by atoms with Gasteiger partial charge in [0.05, 0.1) is 12.5 Å². The molecule has 2 aromatic rings. The van der Waals surface area contributed by atoms with Crippen LogP contribution in [0.2, 0.25) is 0 Å². The van der Waals surface area contributed by atoms with Crippen molar-refractivity contribution in [2.45, 2.75) is 18.5 Å². The van der Waals surface area contributed by atoms with Gasteiger partial charge in [-0.15, -0.1) is 0 Å². The van der Waals surface area contributed by atoms with Crippen molar-refractivity contribution in [3.05, 3.63) is 71.8 Å². The number of nitrogens with one attached hydrogen (secondary N) is 2. The predicted octanol–water partition coefficient (Wildman–Crippen LogP) is 2.48. The van der Waals surface area contributed by atoms with Crippen LogP contribution in [0.15, 0.2) is 60.7 Å². The molecule has 2 unspecified atom stereocenters. The Bertz CT molecular complexity index is 768. The molecule has 2 atom stereocenters. The van der Waals surface area contributed by atoms with Crippen LogP contribution in [0.25, 0.3) is 0 Å². The molecule has 0 aliphatic rings. The van der Waals surface area contributed by atoms with Gasteiger partial charge in [0, 0.05) is 11.3 Å². The lowest BCUT2D eigenvalue weighted by Crippen LogP contribution is -2.44. The summed E-state index contributed by atoms with van der Waals surface area (Å²) >= 11 is 1.34. The molecule has 2 rings (SSSR count). The van der Waals surface area contributed by atoms with Gasteiger partial charge in [-0.2, -0.15) is 11.8 Å². The molecule has 0 heterocycles. The van der Waals surface area contributed by atoms with E-state index in [9.17, 15) is 19.5 Å². The minimum atomic E-state index is -1.08. The number of carbonyl (C=O) groups excluding carboxylic acids is 2. The minimum Gasteiger partial charge on any atom is -0.480 e. The second-order valence-electron chi connectivity index (χ2n) is 5.92. The standard InChI is InChI=1S/C20H22N2O4S/c1-27-13-17(20(25)26)21-18(23)12-16(14-8-4-2-5-9-14)22-19(24)15-10-6-3-7-11-15/h2-11,16-17H,12-13H2,1H3,(H,21,23)(H,22,24)(H,25,26). The number of thioether (sulfide) groups is 1. The Morgan fingerprint density at radius 1 is 0.963 bits per heavy atom. The van der Waals surface area contributed by atoms with Crippen molar-refractivity contribution in [2.24, 2.45) is 0 Å². The quantitative estimate of drug-likeness (QED) is 0.615. The maximum absolute atomic E-state index is 12.5. The number of carbonyl (C=O) groups is 3. The Balaban J connectivity index is 2.12. The average Bonchev–Trinajstić information content (AvgIpc) is 2.68. The molecular weight excluding hydrogens is 364 g/mol. The summed E-state index contributed by atoms with van der Waals surface area (Å²) in [7, 11) is 0. The fraction of sp³-hybridized carbons (Fsp3) is 0.250. The van der Waals surface area contributed by atoms with E-state index in [1.54, 1.807) is 30.5 Å². The van der Waals surface area contributed by atoms with Gasteiger partial charge < -0.3 is 15.7 Å². The van der Waals surface area contributed by atoms with E-state index >= 15 is 0 Å². The molecule has 2 amide bonds. The molecule has 0 fully saturated rings. The SMILES string of the molecule is CSCC(NC(=O)CC(NC(=O)c1ccccc1)c1ccccc1)C(=O)O. The first-order valence-electron chi connectivity index (χ1n) is 8.43. The average molecular weight is 386 g/mol. The molecule has 0 saturated carbocycles. The molecule has 0 radical (unpaired) electrons. The number of aliphatic carboxylic acids is 1. The molecule has 0 bridgehead atoms. The van der Waals surface area contributed by atoms with E-state index in [2.05, 4.69) is 10.6 Å². The predicted molar refractivity (Wildman–Crippen MR) is 106 cm³/mol. The van der Waals surface area contributed by atoms with Crippen LogP contribution in [-0.2, 0) is 9.59 Å². The molecule has 0 aliphatic carbocycles. The van der Waals surface area contributed by atoms with E-state index in [1.807, 2.05) is 36.4 Å². The third kappa shape index (κ3) is 6.45. The van der Waals surface area contributed by atoms with Gasteiger partial charge in [0.1, 0.15) is 6.04 Å². The molecule has 142 valence electrons. The molecule has 0 saturated heterocycles. The van der Waals surface area contributed by atoms with Gasteiger partial charge in [0.2, 0.25) is 5.91 Å². The van der Waals surface area contributed by atoms with Gasteiger partial charge in [-0.1, -0.05) is 48.5 Å². The minimum absolute atomic E-state index is 0.0548. The van der Waals surface area contributed by atoms with E-state index in [0.29, 0.717) is 5.56 Å². The summed E-state index contributed by atoms with van der Waals surface area (Å²) < 4.78 is 0. The van der Waals surface area contributed by atoms with Gasteiger partial charge in [0.15, 0.2) is 0 Å². The number of hydrogen-bond donors (Lipinski definition) is 3. The van der Waals surface area contributed by atoms with Crippen molar-refractivity contribution < 1.29 is 19.5 Å². The Morgan fingerprint density at radius 3 is 2.11 bits per heavy atom. The molecule has 0 aliphatic heterocycles. The van der Waals surface area contributed by atoms with E-state index in [0.717, 1.165) is 5.56 Å².